The summed E-state index contributed by atoms with van der Waals surface area (Å²) in [4.78, 5) is 34.7. The molecule has 1 fully saturated rings. The molecule has 0 aliphatic carbocycles. The van der Waals surface area contributed by atoms with E-state index in [4.69, 9.17) is 18.9 Å². The van der Waals surface area contributed by atoms with Gasteiger partial charge in [0.05, 0.1) is 0 Å². The van der Waals surface area contributed by atoms with Crippen molar-refractivity contribution in [1.82, 2.24) is 0 Å². The Kier molecular flexibility index (Phi) is 7.61. The van der Waals surface area contributed by atoms with E-state index >= 15 is 4.39 Å². The van der Waals surface area contributed by atoms with Crippen molar-refractivity contribution >= 4 is 29.7 Å². The molecule has 1 heterocycles. The van der Waals surface area contributed by atoms with Crippen LogP contribution in [0.25, 0.3) is 0 Å². The van der Waals surface area contributed by atoms with Gasteiger partial charge in [-0.15, -0.1) is 0 Å². The van der Waals surface area contributed by atoms with Crippen molar-refractivity contribution in [2.75, 3.05) is 6.61 Å². The maximum absolute atomic E-state index is 15.2. The molecule has 1 aromatic carbocycles. The van der Waals surface area contributed by atoms with Gasteiger partial charge in [-0.1, -0.05) is 30.0 Å². The first kappa shape index (κ1) is 21.2. The van der Waals surface area contributed by atoms with Crippen LogP contribution in [0.2, 0.25) is 0 Å². The fourth-order valence-corrected chi connectivity index (χ4v) is 3.70. The summed E-state index contributed by atoms with van der Waals surface area (Å²) >= 11 is 1.16. The van der Waals surface area contributed by atoms with Crippen molar-refractivity contribution in [3.8, 4) is 0 Å². The molecule has 2 rings (SSSR count). The highest BCUT2D eigenvalue weighted by atomic mass is 32.2. The van der Waals surface area contributed by atoms with E-state index < -0.39 is 47.8 Å². The Hall–Kier alpha value is -2.13. The number of benzene rings is 1. The van der Waals surface area contributed by atoms with Gasteiger partial charge >= 0.3 is 17.9 Å². The van der Waals surface area contributed by atoms with Gasteiger partial charge in [0.2, 0.25) is 0 Å². The Morgan fingerprint density at radius 1 is 1.00 bits per heavy atom. The van der Waals surface area contributed by atoms with Crippen LogP contribution in [0.15, 0.2) is 35.2 Å². The van der Waals surface area contributed by atoms with Crippen molar-refractivity contribution in [2.45, 2.75) is 55.6 Å². The molecule has 0 spiro atoms. The standard InChI is InChI=1S/C18H21FO7S/c1-10(20)23-9-14-16(24-11(2)21)15(19)17(25-12(3)22)18(26-14)27-13-7-5-4-6-8-13/h4-8,14-18H,9H2,1-3H3. The van der Waals surface area contributed by atoms with Crippen LogP contribution >= 0.6 is 11.8 Å². The molecule has 0 radical (unpaired) electrons. The maximum atomic E-state index is 15.2. The van der Waals surface area contributed by atoms with Gasteiger partial charge in [0, 0.05) is 25.7 Å². The molecule has 5 unspecified atom stereocenters. The van der Waals surface area contributed by atoms with E-state index in [2.05, 4.69) is 0 Å². The topological polar surface area (TPSA) is 88.1 Å². The normalized spacial score (nSPS) is 27.5. The largest absolute Gasteiger partial charge is 0.463 e. The van der Waals surface area contributed by atoms with E-state index in [0.717, 1.165) is 30.5 Å². The van der Waals surface area contributed by atoms with Gasteiger partial charge in [0.1, 0.15) is 18.1 Å². The van der Waals surface area contributed by atoms with E-state index in [-0.39, 0.29) is 6.61 Å². The molecule has 1 aromatic rings. The Balaban J connectivity index is 2.27. The number of carbonyl (C=O) groups is 3. The highest BCUT2D eigenvalue weighted by molar-refractivity contribution is 7.99. The molecule has 0 saturated carbocycles. The molecule has 0 amide bonds. The van der Waals surface area contributed by atoms with E-state index in [1.54, 1.807) is 24.3 Å². The number of carbonyl (C=O) groups excluding carboxylic acids is 3. The third-order valence-electron chi connectivity index (χ3n) is 3.62. The van der Waals surface area contributed by atoms with Crippen LogP contribution in [0.4, 0.5) is 4.39 Å². The van der Waals surface area contributed by atoms with Gasteiger partial charge in [-0.25, -0.2) is 4.39 Å². The van der Waals surface area contributed by atoms with E-state index in [1.807, 2.05) is 6.07 Å². The molecule has 27 heavy (non-hydrogen) atoms. The Bertz CT molecular complexity index is 667. The van der Waals surface area contributed by atoms with Gasteiger partial charge < -0.3 is 18.9 Å². The maximum Gasteiger partial charge on any atom is 0.303 e. The lowest BCUT2D eigenvalue weighted by atomic mass is 10.0. The number of ether oxygens (including phenoxy) is 4. The second kappa shape index (κ2) is 9.70. The molecule has 0 bridgehead atoms. The molecule has 0 aromatic heterocycles. The van der Waals surface area contributed by atoms with Crippen LogP contribution in [-0.2, 0) is 33.3 Å². The van der Waals surface area contributed by atoms with Gasteiger partial charge in [-0.05, 0) is 12.1 Å². The summed E-state index contributed by atoms with van der Waals surface area (Å²) in [6.07, 6.45) is -5.57. The Morgan fingerprint density at radius 3 is 2.15 bits per heavy atom. The first-order valence-electron chi connectivity index (χ1n) is 8.27. The number of esters is 3. The highest BCUT2D eigenvalue weighted by Gasteiger charge is 2.51. The van der Waals surface area contributed by atoms with Crippen molar-refractivity contribution in [1.29, 1.82) is 0 Å². The molecule has 1 aliphatic rings. The average molecular weight is 400 g/mol. The van der Waals surface area contributed by atoms with Crippen LogP contribution < -0.4 is 0 Å². The number of hydrogen-bond acceptors (Lipinski definition) is 8. The van der Waals surface area contributed by atoms with Crippen LogP contribution in [0, 0.1) is 0 Å². The van der Waals surface area contributed by atoms with Gasteiger partial charge in [0.25, 0.3) is 0 Å². The monoisotopic (exact) mass is 400 g/mol. The fourth-order valence-electron chi connectivity index (χ4n) is 2.58. The van der Waals surface area contributed by atoms with Crippen LogP contribution in [0.5, 0.6) is 0 Å². The number of thioether (sulfide) groups is 1. The van der Waals surface area contributed by atoms with Crippen molar-refractivity contribution in [3.05, 3.63) is 30.3 Å². The molecule has 0 N–H and O–H groups in total. The Labute approximate surface area is 160 Å². The molecule has 1 aliphatic heterocycles. The third kappa shape index (κ3) is 6.21. The zero-order chi connectivity index (χ0) is 20.0. The van der Waals surface area contributed by atoms with Crippen molar-refractivity contribution in [3.63, 3.8) is 0 Å². The lowest BCUT2D eigenvalue weighted by Crippen LogP contribution is -2.58. The summed E-state index contributed by atoms with van der Waals surface area (Å²) in [6, 6.07) is 9.03. The molecular weight excluding hydrogens is 379 g/mol. The van der Waals surface area contributed by atoms with Crippen LogP contribution in [0.1, 0.15) is 20.8 Å². The number of rotatable bonds is 6. The fraction of sp³-hybridized carbons (Fsp3) is 0.500. The number of alkyl halides is 1. The molecule has 1 saturated heterocycles. The second-order valence-electron chi connectivity index (χ2n) is 5.87. The summed E-state index contributed by atoms with van der Waals surface area (Å²) in [5.74, 6) is -2.00. The van der Waals surface area contributed by atoms with E-state index in [0.29, 0.717) is 0 Å². The predicted octanol–water partition coefficient (Wildman–Crippen LogP) is 2.27. The minimum absolute atomic E-state index is 0.299. The predicted molar refractivity (Wildman–Crippen MR) is 93.6 cm³/mol. The summed E-state index contributed by atoms with van der Waals surface area (Å²) in [5.41, 5.74) is -0.918. The van der Waals surface area contributed by atoms with Crippen LogP contribution in [-0.4, -0.2) is 54.4 Å². The van der Waals surface area contributed by atoms with Gasteiger partial charge in [0.15, 0.2) is 18.4 Å². The summed E-state index contributed by atoms with van der Waals surface area (Å²) in [7, 11) is 0. The smallest absolute Gasteiger partial charge is 0.303 e. The average Bonchev–Trinajstić information content (AvgIpc) is 2.59. The molecule has 148 valence electrons. The quantitative estimate of drug-likeness (QED) is 0.531. The molecule has 5 atom stereocenters. The lowest BCUT2D eigenvalue weighted by molar-refractivity contribution is -0.216. The zero-order valence-electron chi connectivity index (χ0n) is 15.1. The van der Waals surface area contributed by atoms with E-state index in [9.17, 15) is 14.4 Å². The first-order chi connectivity index (χ1) is 12.8. The van der Waals surface area contributed by atoms with E-state index in [1.165, 1.54) is 6.92 Å². The summed E-state index contributed by atoms with van der Waals surface area (Å²) in [5, 5.41) is 0. The minimum atomic E-state index is -1.85. The first-order valence-corrected chi connectivity index (χ1v) is 9.15. The lowest BCUT2D eigenvalue weighted by Gasteiger charge is -2.41. The third-order valence-corrected chi connectivity index (χ3v) is 4.78. The molecule has 9 heteroatoms. The van der Waals surface area contributed by atoms with Crippen LogP contribution in [0.3, 0.4) is 0 Å². The number of halogens is 1. The minimum Gasteiger partial charge on any atom is -0.463 e. The highest BCUT2D eigenvalue weighted by Crippen LogP contribution is 2.37. The second-order valence-corrected chi connectivity index (χ2v) is 7.04. The van der Waals surface area contributed by atoms with Crippen molar-refractivity contribution in [2.24, 2.45) is 0 Å². The summed E-state index contributed by atoms with van der Waals surface area (Å²) < 4.78 is 36.1. The molecular formula is C18H21FO7S. The van der Waals surface area contributed by atoms with Crippen molar-refractivity contribution < 1.29 is 37.7 Å². The zero-order valence-corrected chi connectivity index (χ0v) is 15.9. The summed E-state index contributed by atoms with van der Waals surface area (Å²) in [6.45, 7) is 3.19. The Morgan fingerprint density at radius 2 is 1.59 bits per heavy atom. The molecule has 7 nitrogen and oxygen atoms in total. The SMILES string of the molecule is CC(=O)OCC1OC(Sc2ccccc2)C(OC(C)=O)C(F)C1OC(C)=O. The van der Waals surface area contributed by atoms with Gasteiger partial charge in [-0.3, -0.25) is 14.4 Å². The van der Waals surface area contributed by atoms with Gasteiger partial charge in [-0.2, -0.15) is 0 Å². The number of hydrogen-bond donors (Lipinski definition) is 0.